The normalized spacial score (nSPS) is 16.9. The van der Waals surface area contributed by atoms with Crippen LogP contribution in [0.25, 0.3) is 0 Å². The summed E-state index contributed by atoms with van der Waals surface area (Å²) in [5.41, 5.74) is 0.727. The second-order valence-electron chi connectivity index (χ2n) is 6.24. The lowest BCUT2D eigenvalue weighted by Crippen LogP contribution is -2.44. The molecule has 2 amide bonds. The Balaban J connectivity index is 2.11. The van der Waals surface area contributed by atoms with Crippen molar-refractivity contribution < 1.29 is 23.9 Å². The number of nitrogens with zero attached hydrogens (tertiary/aromatic N) is 2. The van der Waals surface area contributed by atoms with Crippen LogP contribution in [0.2, 0.25) is 0 Å². The van der Waals surface area contributed by atoms with Crippen LogP contribution in [0, 0.1) is 5.92 Å². The first-order chi connectivity index (χ1) is 11.9. The van der Waals surface area contributed by atoms with Crippen LogP contribution in [0.1, 0.15) is 20.3 Å². The molecule has 0 unspecified atom stereocenters. The van der Waals surface area contributed by atoms with Gasteiger partial charge in [0.15, 0.2) is 0 Å². The number of methoxy groups -OCH3 is 2. The number of amides is 2. The van der Waals surface area contributed by atoms with E-state index >= 15 is 0 Å². The molecule has 1 fully saturated rings. The number of carbonyl (C=O) groups is 3. The topological polar surface area (TPSA) is 76.2 Å². The van der Waals surface area contributed by atoms with Gasteiger partial charge in [-0.2, -0.15) is 0 Å². The molecule has 0 aromatic heterocycles. The van der Waals surface area contributed by atoms with Crippen molar-refractivity contribution in [2.24, 2.45) is 5.92 Å². The summed E-state index contributed by atoms with van der Waals surface area (Å²) in [5.74, 6) is -0.554. The van der Waals surface area contributed by atoms with Crippen molar-refractivity contribution in [1.82, 2.24) is 4.90 Å². The quantitative estimate of drug-likeness (QED) is 0.728. The molecule has 1 aliphatic heterocycles. The fraction of sp³-hybridized carbons (Fsp3) is 0.500. The van der Waals surface area contributed by atoms with Crippen molar-refractivity contribution in [1.29, 1.82) is 0 Å². The van der Waals surface area contributed by atoms with E-state index in [-0.39, 0.29) is 30.8 Å². The maximum Gasteiger partial charge on any atom is 0.325 e. The third kappa shape index (κ3) is 4.29. The Bertz CT molecular complexity index is 641. The lowest BCUT2D eigenvalue weighted by molar-refractivity contribution is -0.149. The van der Waals surface area contributed by atoms with E-state index in [2.05, 4.69) is 4.74 Å². The number of hydrogen-bond donors (Lipinski definition) is 0. The van der Waals surface area contributed by atoms with E-state index in [0.717, 1.165) is 5.69 Å². The first kappa shape index (κ1) is 18.8. The Hall–Kier alpha value is -2.57. The Labute approximate surface area is 147 Å². The van der Waals surface area contributed by atoms with Crippen molar-refractivity contribution in [2.45, 2.75) is 26.3 Å². The van der Waals surface area contributed by atoms with E-state index in [1.165, 1.54) is 12.0 Å². The Morgan fingerprint density at radius 3 is 2.40 bits per heavy atom. The molecule has 7 nitrogen and oxygen atoms in total. The van der Waals surface area contributed by atoms with Crippen molar-refractivity contribution in [3.05, 3.63) is 24.3 Å². The van der Waals surface area contributed by atoms with E-state index in [9.17, 15) is 14.4 Å². The molecule has 1 aromatic rings. The summed E-state index contributed by atoms with van der Waals surface area (Å²) >= 11 is 0. The molecule has 0 radical (unpaired) electrons. The van der Waals surface area contributed by atoms with Gasteiger partial charge in [0.1, 0.15) is 12.3 Å². The second-order valence-corrected chi connectivity index (χ2v) is 6.24. The van der Waals surface area contributed by atoms with Gasteiger partial charge in [-0.1, -0.05) is 0 Å². The van der Waals surface area contributed by atoms with Crippen LogP contribution in [-0.2, 0) is 19.1 Å². The summed E-state index contributed by atoms with van der Waals surface area (Å²) in [6.45, 7) is 3.85. The molecule has 1 aromatic carbocycles. The maximum absolute atomic E-state index is 12.8. The molecule has 25 heavy (non-hydrogen) atoms. The smallest absolute Gasteiger partial charge is 0.325 e. The number of carbonyl (C=O) groups excluding carboxylic acids is 3. The summed E-state index contributed by atoms with van der Waals surface area (Å²) in [7, 11) is 2.86. The van der Waals surface area contributed by atoms with Gasteiger partial charge in [-0.15, -0.1) is 0 Å². The minimum absolute atomic E-state index is 0.106. The summed E-state index contributed by atoms with van der Waals surface area (Å²) < 4.78 is 9.77. The standard InChI is InChI=1S/C18H24N2O5/c1-12(2)19(11-17(22)25-4)18(23)13-9-16(21)20(10-13)14-5-7-15(24-3)8-6-14/h5-8,12-13H,9-11H2,1-4H3/t13-/m0/s1. The average molecular weight is 348 g/mol. The van der Waals surface area contributed by atoms with Gasteiger partial charge < -0.3 is 19.3 Å². The lowest BCUT2D eigenvalue weighted by atomic mass is 10.1. The van der Waals surface area contributed by atoms with E-state index in [4.69, 9.17) is 4.74 Å². The zero-order chi connectivity index (χ0) is 18.6. The van der Waals surface area contributed by atoms with Gasteiger partial charge in [0, 0.05) is 24.7 Å². The van der Waals surface area contributed by atoms with E-state index in [0.29, 0.717) is 12.3 Å². The van der Waals surface area contributed by atoms with Crippen molar-refractivity contribution in [2.75, 3.05) is 32.2 Å². The number of anilines is 1. The molecule has 136 valence electrons. The Morgan fingerprint density at radius 1 is 1.24 bits per heavy atom. The van der Waals surface area contributed by atoms with Gasteiger partial charge in [-0.05, 0) is 38.1 Å². The molecular weight excluding hydrogens is 324 g/mol. The van der Waals surface area contributed by atoms with E-state index < -0.39 is 11.9 Å². The monoisotopic (exact) mass is 348 g/mol. The van der Waals surface area contributed by atoms with Crippen LogP contribution >= 0.6 is 0 Å². The zero-order valence-electron chi connectivity index (χ0n) is 15.0. The van der Waals surface area contributed by atoms with E-state index in [1.807, 2.05) is 13.8 Å². The molecule has 0 aliphatic carbocycles. The maximum atomic E-state index is 12.8. The number of ether oxygens (including phenoxy) is 2. The molecule has 2 rings (SSSR count). The van der Waals surface area contributed by atoms with Crippen molar-refractivity contribution >= 4 is 23.5 Å². The highest BCUT2D eigenvalue weighted by Gasteiger charge is 2.38. The predicted octanol–water partition coefficient (Wildman–Crippen LogP) is 1.46. The van der Waals surface area contributed by atoms with Crippen molar-refractivity contribution in [3.63, 3.8) is 0 Å². The van der Waals surface area contributed by atoms with Gasteiger partial charge in [0.2, 0.25) is 11.8 Å². The van der Waals surface area contributed by atoms with Crippen LogP contribution in [0.15, 0.2) is 24.3 Å². The van der Waals surface area contributed by atoms with Crippen LogP contribution in [0.4, 0.5) is 5.69 Å². The minimum Gasteiger partial charge on any atom is -0.497 e. The fourth-order valence-electron chi connectivity index (χ4n) is 2.84. The average Bonchev–Trinajstić information content (AvgIpc) is 3.00. The SMILES string of the molecule is COC(=O)CN(C(=O)[C@H]1CC(=O)N(c2ccc(OC)cc2)C1)C(C)C. The Kier molecular flexibility index (Phi) is 6.01. The minimum atomic E-state index is -0.474. The molecule has 1 saturated heterocycles. The molecule has 1 atom stereocenters. The van der Waals surface area contributed by atoms with Crippen LogP contribution < -0.4 is 9.64 Å². The predicted molar refractivity (Wildman–Crippen MR) is 92.3 cm³/mol. The highest BCUT2D eigenvalue weighted by Crippen LogP contribution is 2.28. The molecule has 0 N–H and O–H groups in total. The first-order valence-corrected chi connectivity index (χ1v) is 8.19. The van der Waals surface area contributed by atoms with Crippen LogP contribution in [-0.4, -0.2) is 56.0 Å². The van der Waals surface area contributed by atoms with E-state index in [1.54, 1.807) is 36.3 Å². The summed E-state index contributed by atoms with van der Waals surface area (Å²) in [6.07, 6.45) is 0.134. The largest absolute Gasteiger partial charge is 0.497 e. The van der Waals surface area contributed by atoms with Gasteiger partial charge in [-0.25, -0.2) is 0 Å². The molecule has 0 saturated carbocycles. The van der Waals surface area contributed by atoms with Crippen molar-refractivity contribution in [3.8, 4) is 5.75 Å². The van der Waals surface area contributed by atoms with Gasteiger partial charge in [0.05, 0.1) is 20.1 Å². The molecule has 7 heteroatoms. The second kappa shape index (κ2) is 8.00. The number of hydrogen-bond acceptors (Lipinski definition) is 5. The van der Waals surface area contributed by atoms with Gasteiger partial charge >= 0.3 is 5.97 Å². The molecule has 0 spiro atoms. The van der Waals surface area contributed by atoms with Gasteiger partial charge in [-0.3, -0.25) is 14.4 Å². The van der Waals surface area contributed by atoms with Crippen LogP contribution in [0.3, 0.4) is 0 Å². The zero-order valence-corrected chi connectivity index (χ0v) is 15.0. The number of esters is 1. The summed E-state index contributed by atoms with van der Waals surface area (Å²) in [6, 6.07) is 6.97. The number of rotatable bonds is 6. The summed E-state index contributed by atoms with van der Waals surface area (Å²) in [4.78, 5) is 39.7. The molecule has 1 heterocycles. The molecule has 0 bridgehead atoms. The number of benzene rings is 1. The molecule has 1 aliphatic rings. The molecular formula is C18H24N2O5. The first-order valence-electron chi connectivity index (χ1n) is 8.19. The van der Waals surface area contributed by atoms with Crippen LogP contribution in [0.5, 0.6) is 5.75 Å². The lowest BCUT2D eigenvalue weighted by Gasteiger charge is -2.28. The third-order valence-electron chi connectivity index (χ3n) is 4.29. The Morgan fingerprint density at radius 2 is 1.88 bits per heavy atom. The highest BCUT2D eigenvalue weighted by atomic mass is 16.5. The fourth-order valence-corrected chi connectivity index (χ4v) is 2.84. The highest BCUT2D eigenvalue weighted by molar-refractivity contribution is 6.00. The summed E-state index contributed by atoms with van der Waals surface area (Å²) in [5, 5.41) is 0. The third-order valence-corrected chi connectivity index (χ3v) is 4.29. The van der Waals surface area contributed by atoms with Gasteiger partial charge in [0.25, 0.3) is 0 Å².